The van der Waals surface area contributed by atoms with Crippen LogP contribution in [0, 0.1) is 0 Å². The van der Waals surface area contributed by atoms with Gasteiger partial charge in [0.15, 0.2) is 5.16 Å². The first-order chi connectivity index (χ1) is 11.6. The molecule has 0 radical (unpaired) electrons. The molecule has 2 N–H and O–H groups in total. The summed E-state index contributed by atoms with van der Waals surface area (Å²) < 4.78 is 10.6. The van der Waals surface area contributed by atoms with E-state index in [1.54, 1.807) is 20.3 Å². The molecule has 6 nitrogen and oxygen atoms in total. The molecule has 1 aromatic carbocycles. The summed E-state index contributed by atoms with van der Waals surface area (Å²) in [6.07, 6.45) is 3.76. The smallest absolute Gasteiger partial charge is 0.189 e. The van der Waals surface area contributed by atoms with Gasteiger partial charge in [-0.3, -0.25) is 0 Å². The van der Waals surface area contributed by atoms with Crippen LogP contribution in [0.3, 0.4) is 0 Å². The number of rotatable bonds is 8. The highest BCUT2D eigenvalue weighted by atomic mass is 35.5. The lowest BCUT2D eigenvalue weighted by molar-refractivity contribution is 0.395. The molecule has 130 valence electrons. The maximum atomic E-state index is 6.36. The second-order valence-electron chi connectivity index (χ2n) is 4.81. The minimum atomic E-state index is 0.505. The van der Waals surface area contributed by atoms with Crippen LogP contribution in [0.15, 0.2) is 23.5 Å². The van der Waals surface area contributed by atoms with E-state index in [0.29, 0.717) is 23.1 Å². The van der Waals surface area contributed by atoms with Gasteiger partial charge in [-0.2, -0.15) is 0 Å². The summed E-state index contributed by atoms with van der Waals surface area (Å²) in [5.74, 6) is 2.04. The first-order valence-corrected chi connectivity index (χ1v) is 9.02. The summed E-state index contributed by atoms with van der Waals surface area (Å²) in [6, 6.07) is 3.57. The Hall–Kier alpha value is -1.86. The standard InChI is InChI=1S/C16H21ClN4O2S/c1-5-18-15-10(9-20-16(21-15)24-4)8-19-12-6-11(22-2)7-13(23-3)14(12)17/h6-7,9,19H,5,8H2,1-4H3,(H,18,20,21). The first kappa shape index (κ1) is 18.5. The molecule has 0 unspecified atom stereocenters. The molecule has 0 spiro atoms. The molecule has 24 heavy (non-hydrogen) atoms. The van der Waals surface area contributed by atoms with Crippen molar-refractivity contribution in [2.75, 3.05) is 37.7 Å². The van der Waals surface area contributed by atoms with E-state index in [2.05, 4.69) is 20.6 Å². The van der Waals surface area contributed by atoms with Crippen LogP contribution in [0.4, 0.5) is 11.5 Å². The zero-order valence-corrected chi connectivity index (χ0v) is 15.7. The number of hydrogen-bond acceptors (Lipinski definition) is 7. The van der Waals surface area contributed by atoms with Crippen molar-refractivity contribution >= 4 is 34.9 Å². The lowest BCUT2D eigenvalue weighted by Gasteiger charge is -2.15. The number of thioether (sulfide) groups is 1. The maximum Gasteiger partial charge on any atom is 0.189 e. The second kappa shape index (κ2) is 8.84. The van der Waals surface area contributed by atoms with Crippen LogP contribution < -0.4 is 20.1 Å². The zero-order valence-electron chi connectivity index (χ0n) is 14.1. The van der Waals surface area contributed by atoms with E-state index in [4.69, 9.17) is 21.1 Å². The Morgan fingerprint density at radius 3 is 2.62 bits per heavy atom. The lowest BCUT2D eigenvalue weighted by Crippen LogP contribution is -2.09. The first-order valence-electron chi connectivity index (χ1n) is 7.42. The summed E-state index contributed by atoms with van der Waals surface area (Å²) in [6.45, 7) is 3.33. The van der Waals surface area contributed by atoms with E-state index in [0.717, 1.165) is 28.8 Å². The van der Waals surface area contributed by atoms with E-state index >= 15 is 0 Å². The molecule has 0 saturated carbocycles. The van der Waals surface area contributed by atoms with Gasteiger partial charge in [0.25, 0.3) is 0 Å². The van der Waals surface area contributed by atoms with Crippen molar-refractivity contribution < 1.29 is 9.47 Å². The molecule has 2 aromatic rings. The highest BCUT2D eigenvalue weighted by molar-refractivity contribution is 7.98. The number of ether oxygens (including phenoxy) is 2. The van der Waals surface area contributed by atoms with Gasteiger partial charge in [0.2, 0.25) is 0 Å². The Kier molecular flexibility index (Phi) is 6.81. The molecular weight excluding hydrogens is 348 g/mol. The largest absolute Gasteiger partial charge is 0.497 e. The third kappa shape index (κ3) is 4.36. The van der Waals surface area contributed by atoms with Gasteiger partial charge >= 0.3 is 0 Å². The van der Waals surface area contributed by atoms with E-state index in [-0.39, 0.29) is 0 Å². The van der Waals surface area contributed by atoms with Crippen LogP contribution in [0.2, 0.25) is 5.02 Å². The molecule has 0 bridgehead atoms. The van der Waals surface area contributed by atoms with Crippen molar-refractivity contribution in [2.45, 2.75) is 18.6 Å². The minimum absolute atomic E-state index is 0.505. The number of nitrogens with one attached hydrogen (secondary N) is 2. The normalized spacial score (nSPS) is 10.4. The van der Waals surface area contributed by atoms with Crippen LogP contribution in [-0.2, 0) is 6.54 Å². The van der Waals surface area contributed by atoms with Crippen molar-refractivity contribution in [1.29, 1.82) is 0 Å². The molecule has 0 saturated heterocycles. The highest BCUT2D eigenvalue weighted by Crippen LogP contribution is 2.37. The van der Waals surface area contributed by atoms with Crippen LogP contribution in [0.5, 0.6) is 11.5 Å². The van der Waals surface area contributed by atoms with E-state index < -0.39 is 0 Å². The molecule has 1 aromatic heterocycles. The van der Waals surface area contributed by atoms with Gasteiger partial charge in [-0.05, 0) is 13.2 Å². The topological polar surface area (TPSA) is 68.3 Å². The van der Waals surface area contributed by atoms with Gasteiger partial charge in [-0.1, -0.05) is 23.4 Å². The van der Waals surface area contributed by atoms with Crippen molar-refractivity contribution in [3.05, 3.63) is 28.9 Å². The molecule has 0 amide bonds. The molecule has 0 fully saturated rings. The zero-order chi connectivity index (χ0) is 17.5. The fourth-order valence-electron chi connectivity index (χ4n) is 2.10. The quantitative estimate of drug-likeness (QED) is 0.540. The molecule has 8 heteroatoms. The summed E-state index contributed by atoms with van der Waals surface area (Å²) >= 11 is 7.87. The Labute approximate surface area is 151 Å². The number of benzene rings is 1. The van der Waals surface area contributed by atoms with Gasteiger partial charge in [0.1, 0.15) is 22.3 Å². The van der Waals surface area contributed by atoms with Crippen LogP contribution in [0.25, 0.3) is 0 Å². The van der Waals surface area contributed by atoms with Crippen LogP contribution >= 0.6 is 23.4 Å². The average Bonchev–Trinajstić information content (AvgIpc) is 2.61. The highest BCUT2D eigenvalue weighted by Gasteiger charge is 2.12. The Morgan fingerprint density at radius 2 is 2.00 bits per heavy atom. The predicted octanol–water partition coefficient (Wildman–Crippen LogP) is 3.91. The van der Waals surface area contributed by atoms with Crippen LogP contribution in [-0.4, -0.2) is 37.0 Å². The van der Waals surface area contributed by atoms with Crippen molar-refractivity contribution in [1.82, 2.24) is 9.97 Å². The number of hydrogen-bond donors (Lipinski definition) is 2. The van der Waals surface area contributed by atoms with Crippen LogP contribution in [0.1, 0.15) is 12.5 Å². The molecule has 0 aliphatic heterocycles. The molecule has 0 aliphatic rings. The van der Waals surface area contributed by atoms with E-state index in [1.165, 1.54) is 11.8 Å². The summed E-state index contributed by atoms with van der Waals surface area (Å²) in [5, 5.41) is 7.79. The third-order valence-corrected chi connectivity index (χ3v) is 4.26. The van der Waals surface area contributed by atoms with E-state index in [9.17, 15) is 0 Å². The summed E-state index contributed by atoms with van der Waals surface area (Å²) in [7, 11) is 3.17. The number of aromatic nitrogens is 2. The Bertz CT molecular complexity index is 700. The van der Waals surface area contributed by atoms with Gasteiger partial charge in [0.05, 0.1) is 19.9 Å². The minimum Gasteiger partial charge on any atom is -0.497 e. The van der Waals surface area contributed by atoms with Gasteiger partial charge in [-0.15, -0.1) is 0 Å². The summed E-state index contributed by atoms with van der Waals surface area (Å²) in [5.41, 5.74) is 1.68. The molecule has 1 heterocycles. The number of halogens is 1. The predicted molar refractivity (Wildman–Crippen MR) is 99.9 cm³/mol. The fourth-order valence-corrected chi connectivity index (χ4v) is 2.69. The number of methoxy groups -OCH3 is 2. The number of anilines is 2. The van der Waals surface area contributed by atoms with Crippen molar-refractivity contribution in [2.24, 2.45) is 0 Å². The van der Waals surface area contributed by atoms with Gasteiger partial charge in [0, 0.05) is 37.0 Å². The Balaban J connectivity index is 2.24. The van der Waals surface area contributed by atoms with Gasteiger partial charge in [-0.25, -0.2) is 9.97 Å². The molecule has 0 aliphatic carbocycles. The van der Waals surface area contributed by atoms with Gasteiger partial charge < -0.3 is 20.1 Å². The molecule has 2 rings (SSSR count). The fraction of sp³-hybridized carbons (Fsp3) is 0.375. The number of nitrogens with zero attached hydrogens (tertiary/aromatic N) is 2. The second-order valence-corrected chi connectivity index (χ2v) is 5.96. The van der Waals surface area contributed by atoms with Crippen molar-refractivity contribution in [3.8, 4) is 11.5 Å². The lowest BCUT2D eigenvalue weighted by atomic mass is 10.2. The maximum absolute atomic E-state index is 6.36. The van der Waals surface area contributed by atoms with Crippen molar-refractivity contribution in [3.63, 3.8) is 0 Å². The third-order valence-electron chi connectivity index (χ3n) is 3.31. The molecule has 0 atom stereocenters. The average molecular weight is 369 g/mol. The SMILES string of the molecule is CCNc1nc(SC)ncc1CNc1cc(OC)cc(OC)c1Cl. The molecular formula is C16H21ClN4O2S. The summed E-state index contributed by atoms with van der Waals surface area (Å²) in [4.78, 5) is 8.83. The van der Waals surface area contributed by atoms with E-state index in [1.807, 2.05) is 25.4 Å². The monoisotopic (exact) mass is 368 g/mol. The Morgan fingerprint density at radius 1 is 1.21 bits per heavy atom.